The largest absolute Gasteiger partial charge is 0.351 e. The Bertz CT molecular complexity index is 867. The van der Waals surface area contributed by atoms with Crippen LogP contribution in [0.2, 0.25) is 0 Å². The first kappa shape index (κ1) is 19.5. The zero-order chi connectivity index (χ0) is 20.1. The number of amides is 4. The molecule has 3 rings (SSSR count). The van der Waals surface area contributed by atoms with Gasteiger partial charge in [0.1, 0.15) is 11.9 Å². The molecular formula is C20H21FN4O3. The molecule has 0 bridgehead atoms. The van der Waals surface area contributed by atoms with Crippen molar-refractivity contribution in [3.63, 3.8) is 0 Å². The second kappa shape index (κ2) is 8.62. The third-order valence-corrected chi connectivity index (χ3v) is 4.68. The summed E-state index contributed by atoms with van der Waals surface area (Å²) in [7, 11) is 0. The molecule has 2 aromatic carbocycles. The van der Waals surface area contributed by atoms with Crippen molar-refractivity contribution < 1.29 is 18.8 Å². The Kier molecular flexibility index (Phi) is 6.00. The van der Waals surface area contributed by atoms with E-state index < -0.39 is 23.8 Å². The summed E-state index contributed by atoms with van der Waals surface area (Å²) in [4.78, 5) is 39.7. The molecule has 0 aromatic heterocycles. The van der Waals surface area contributed by atoms with Crippen LogP contribution in [0, 0.1) is 5.82 Å². The number of halogens is 1. The number of nitrogens with one attached hydrogen (secondary N) is 1. The molecule has 7 nitrogen and oxygen atoms in total. The molecule has 8 heteroatoms. The second-order valence-electron chi connectivity index (χ2n) is 6.47. The first-order valence-corrected chi connectivity index (χ1v) is 8.90. The topological polar surface area (TPSA) is 95.7 Å². The maximum atomic E-state index is 13.9. The highest BCUT2D eigenvalue weighted by Crippen LogP contribution is 2.23. The van der Waals surface area contributed by atoms with Gasteiger partial charge in [-0.15, -0.1) is 0 Å². The molecule has 0 spiro atoms. The van der Waals surface area contributed by atoms with E-state index in [2.05, 4.69) is 5.32 Å². The van der Waals surface area contributed by atoms with Crippen molar-refractivity contribution in [1.29, 1.82) is 0 Å². The van der Waals surface area contributed by atoms with Crippen molar-refractivity contribution in [3.8, 4) is 0 Å². The van der Waals surface area contributed by atoms with Gasteiger partial charge in [-0.2, -0.15) is 0 Å². The third kappa shape index (κ3) is 4.34. The lowest BCUT2D eigenvalue weighted by Gasteiger charge is -2.38. The van der Waals surface area contributed by atoms with Crippen molar-refractivity contribution in [2.75, 3.05) is 26.2 Å². The van der Waals surface area contributed by atoms with Crippen LogP contribution >= 0.6 is 0 Å². The zero-order valence-corrected chi connectivity index (χ0v) is 15.2. The Morgan fingerprint density at radius 1 is 0.929 bits per heavy atom. The Labute approximate surface area is 161 Å². The molecule has 2 aromatic rings. The third-order valence-electron chi connectivity index (χ3n) is 4.68. The van der Waals surface area contributed by atoms with Crippen molar-refractivity contribution >= 4 is 17.8 Å². The fourth-order valence-electron chi connectivity index (χ4n) is 3.34. The molecule has 0 aliphatic carbocycles. The van der Waals surface area contributed by atoms with Gasteiger partial charge in [-0.3, -0.25) is 19.8 Å². The molecular weight excluding hydrogens is 363 g/mol. The SMILES string of the molecule is NC(=O)NC(=O)[C@H](c1ccccc1)N1CCN(C(=O)c2ccccc2F)CC1. The van der Waals surface area contributed by atoms with Crippen LogP contribution in [0.4, 0.5) is 9.18 Å². The fourth-order valence-corrected chi connectivity index (χ4v) is 3.34. The molecule has 0 saturated carbocycles. The van der Waals surface area contributed by atoms with E-state index in [-0.39, 0.29) is 11.5 Å². The van der Waals surface area contributed by atoms with Crippen molar-refractivity contribution in [3.05, 3.63) is 71.5 Å². The molecule has 1 fully saturated rings. The molecule has 28 heavy (non-hydrogen) atoms. The summed E-state index contributed by atoms with van der Waals surface area (Å²) in [5.41, 5.74) is 5.85. The van der Waals surface area contributed by atoms with E-state index in [4.69, 9.17) is 5.73 Å². The van der Waals surface area contributed by atoms with Crippen LogP contribution in [0.15, 0.2) is 54.6 Å². The Hall–Kier alpha value is -3.26. The van der Waals surface area contributed by atoms with Crippen LogP contribution in [0.25, 0.3) is 0 Å². The van der Waals surface area contributed by atoms with E-state index in [0.717, 1.165) is 5.56 Å². The van der Waals surface area contributed by atoms with Gasteiger partial charge in [-0.1, -0.05) is 42.5 Å². The maximum Gasteiger partial charge on any atom is 0.318 e. The minimum Gasteiger partial charge on any atom is -0.351 e. The van der Waals surface area contributed by atoms with E-state index in [1.807, 2.05) is 11.0 Å². The van der Waals surface area contributed by atoms with Crippen LogP contribution in [0.1, 0.15) is 22.0 Å². The average molecular weight is 384 g/mol. The maximum absolute atomic E-state index is 13.9. The number of carbonyl (C=O) groups is 3. The minimum atomic E-state index is -0.917. The molecule has 1 aliphatic rings. The molecule has 1 saturated heterocycles. The molecule has 146 valence electrons. The normalized spacial score (nSPS) is 15.7. The number of imide groups is 1. The zero-order valence-electron chi connectivity index (χ0n) is 15.2. The molecule has 3 N–H and O–H groups in total. The first-order chi connectivity index (χ1) is 13.5. The predicted molar refractivity (Wildman–Crippen MR) is 101 cm³/mol. The minimum absolute atomic E-state index is 0.0297. The number of rotatable bonds is 4. The number of primary amides is 1. The number of piperazine rings is 1. The van der Waals surface area contributed by atoms with E-state index in [9.17, 15) is 18.8 Å². The van der Waals surface area contributed by atoms with Gasteiger partial charge < -0.3 is 10.6 Å². The molecule has 1 heterocycles. The second-order valence-corrected chi connectivity index (χ2v) is 6.47. The van der Waals surface area contributed by atoms with Gasteiger partial charge in [-0.25, -0.2) is 9.18 Å². The number of hydrogen-bond donors (Lipinski definition) is 2. The van der Waals surface area contributed by atoms with Gasteiger partial charge in [-0.05, 0) is 17.7 Å². The number of hydrogen-bond acceptors (Lipinski definition) is 4. The summed E-state index contributed by atoms with van der Waals surface area (Å²) in [5.74, 6) is -1.46. The molecule has 0 unspecified atom stereocenters. The standard InChI is InChI=1S/C20H21FN4O3/c21-16-9-5-4-8-15(16)19(27)25-12-10-24(11-13-25)17(18(26)23-20(22)28)14-6-2-1-3-7-14/h1-9,17H,10-13H2,(H3,22,23,26,28)/t17-/m0/s1. The summed E-state index contributed by atoms with van der Waals surface area (Å²) >= 11 is 0. The summed E-state index contributed by atoms with van der Waals surface area (Å²) in [6.45, 7) is 1.46. The lowest BCUT2D eigenvalue weighted by Crippen LogP contribution is -2.53. The van der Waals surface area contributed by atoms with Gasteiger partial charge in [0, 0.05) is 26.2 Å². The summed E-state index contributed by atoms with van der Waals surface area (Å²) < 4.78 is 13.9. The predicted octanol–water partition coefficient (Wildman–Crippen LogP) is 1.52. The highest BCUT2D eigenvalue weighted by Gasteiger charge is 2.32. The van der Waals surface area contributed by atoms with Gasteiger partial charge in [0.05, 0.1) is 5.56 Å². The van der Waals surface area contributed by atoms with Crippen LogP contribution in [-0.4, -0.2) is 53.8 Å². The smallest absolute Gasteiger partial charge is 0.318 e. The Balaban J connectivity index is 1.73. The van der Waals surface area contributed by atoms with Gasteiger partial charge in [0.15, 0.2) is 0 Å². The lowest BCUT2D eigenvalue weighted by atomic mass is 10.0. The van der Waals surface area contributed by atoms with Crippen LogP contribution in [0.5, 0.6) is 0 Å². The highest BCUT2D eigenvalue weighted by molar-refractivity contribution is 5.97. The van der Waals surface area contributed by atoms with E-state index in [1.54, 1.807) is 35.2 Å². The molecule has 0 radical (unpaired) electrons. The molecule has 1 aliphatic heterocycles. The number of nitrogens with two attached hydrogens (primary N) is 1. The fraction of sp³-hybridized carbons (Fsp3) is 0.250. The summed E-state index contributed by atoms with van der Waals surface area (Å²) in [5, 5.41) is 2.13. The van der Waals surface area contributed by atoms with E-state index in [0.29, 0.717) is 26.2 Å². The Morgan fingerprint density at radius 3 is 2.14 bits per heavy atom. The van der Waals surface area contributed by atoms with Gasteiger partial charge in [0.2, 0.25) is 5.91 Å². The van der Waals surface area contributed by atoms with Crippen molar-refractivity contribution in [2.24, 2.45) is 5.73 Å². The van der Waals surface area contributed by atoms with Gasteiger partial charge >= 0.3 is 6.03 Å². The van der Waals surface area contributed by atoms with Crippen LogP contribution in [-0.2, 0) is 4.79 Å². The van der Waals surface area contributed by atoms with Crippen molar-refractivity contribution in [1.82, 2.24) is 15.1 Å². The number of carbonyl (C=O) groups excluding carboxylic acids is 3. The summed E-state index contributed by atoms with van der Waals surface area (Å²) in [6.07, 6.45) is 0. The molecule has 4 amide bonds. The first-order valence-electron chi connectivity index (χ1n) is 8.90. The number of urea groups is 1. The Morgan fingerprint density at radius 2 is 1.54 bits per heavy atom. The summed E-state index contributed by atoms with van der Waals surface area (Å²) in [6, 6.07) is 13.3. The quantitative estimate of drug-likeness (QED) is 0.835. The lowest BCUT2D eigenvalue weighted by molar-refractivity contribution is -0.126. The van der Waals surface area contributed by atoms with E-state index >= 15 is 0 Å². The van der Waals surface area contributed by atoms with Crippen molar-refractivity contribution in [2.45, 2.75) is 6.04 Å². The van der Waals surface area contributed by atoms with Gasteiger partial charge in [0.25, 0.3) is 5.91 Å². The van der Waals surface area contributed by atoms with E-state index in [1.165, 1.54) is 18.2 Å². The monoisotopic (exact) mass is 384 g/mol. The highest BCUT2D eigenvalue weighted by atomic mass is 19.1. The number of nitrogens with zero attached hydrogens (tertiary/aromatic N) is 2. The number of benzene rings is 2. The van der Waals surface area contributed by atoms with Crippen LogP contribution in [0.3, 0.4) is 0 Å². The van der Waals surface area contributed by atoms with Crippen LogP contribution < -0.4 is 11.1 Å². The molecule has 1 atom stereocenters. The average Bonchev–Trinajstić information content (AvgIpc) is 2.69.